The number of anilines is 1. The molecule has 3 rings (SSSR count). The van der Waals surface area contributed by atoms with E-state index in [2.05, 4.69) is 25.9 Å². The Hall–Kier alpha value is -1.10. The Balaban J connectivity index is 1.84. The molecule has 0 aromatic carbocycles. The molecule has 0 amide bonds. The standard InChI is InChI=1S/C13H17BrN4/c14-10-7-11-12(16-8-10)18(13(15)17-11)6-5-9-3-1-2-4-9/h7-9H,1-6H2,(H2,15,17). The van der Waals surface area contributed by atoms with E-state index in [0.717, 1.165) is 28.1 Å². The van der Waals surface area contributed by atoms with Gasteiger partial charge in [0, 0.05) is 17.2 Å². The molecule has 1 saturated carbocycles. The Morgan fingerprint density at radius 1 is 1.39 bits per heavy atom. The largest absolute Gasteiger partial charge is 0.369 e. The van der Waals surface area contributed by atoms with Crippen LogP contribution in [0.4, 0.5) is 5.95 Å². The number of aromatic nitrogens is 3. The summed E-state index contributed by atoms with van der Waals surface area (Å²) in [5.74, 6) is 1.44. The van der Waals surface area contributed by atoms with E-state index in [0.29, 0.717) is 5.95 Å². The molecule has 96 valence electrons. The van der Waals surface area contributed by atoms with Crippen molar-refractivity contribution in [2.24, 2.45) is 5.92 Å². The Labute approximate surface area is 115 Å². The lowest BCUT2D eigenvalue weighted by Gasteiger charge is -2.10. The molecule has 0 aliphatic heterocycles. The Morgan fingerprint density at radius 2 is 2.17 bits per heavy atom. The average Bonchev–Trinajstić information content (AvgIpc) is 2.93. The van der Waals surface area contributed by atoms with Crippen LogP contribution in [0.25, 0.3) is 11.2 Å². The number of imidazole rings is 1. The molecule has 0 radical (unpaired) electrons. The highest BCUT2D eigenvalue weighted by Gasteiger charge is 2.16. The molecular formula is C13H17BrN4. The molecule has 2 aromatic heterocycles. The first kappa shape index (κ1) is 12.0. The number of nitrogens with two attached hydrogens (primary N) is 1. The van der Waals surface area contributed by atoms with Crippen LogP contribution in [0.1, 0.15) is 32.1 Å². The third-order valence-electron chi connectivity index (χ3n) is 3.82. The molecule has 2 aromatic rings. The SMILES string of the molecule is Nc1nc2cc(Br)cnc2n1CCC1CCCC1. The van der Waals surface area contributed by atoms with Crippen LogP contribution >= 0.6 is 15.9 Å². The van der Waals surface area contributed by atoms with Gasteiger partial charge in [0.2, 0.25) is 5.95 Å². The minimum atomic E-state index is 0.577. The van der Waals surface area contributed by atoms with Gasteiger partial charge in [-0.05, 0) is 34.3 Å². The van der Waals surface area contributed by atoms with Gasteiger partial charge >= 0.3 is 0 Å². The normalized spacial score (nSPS) is 16.7. The van der Waals surface area contributed by atoms with Gasteiger partial charge in [-0.2, -0.15) is 0 Å². The summed E-state index contributed by atoms with van der Waals surface area (Å²) in [6, 6.07) is 1.96. The molecule has 2 N–H and O–H groups in total. The fraction of sp³-hybridized carbons (Fsp3) is 0.538. The zero-order valence-electron chi connectivity index (χ0n) is 10.3. The van der Waals surface area contributed by atoms with E-state index in [9.17, 15) is 0 Å². The topological polar surface area (TPSA) is 56.7 Å². The van der Waals surface area contributed by atoms with E-state index in [1.54, 1.807) is 6.20 Å². The number of aryl methyl sites for hydroxylation is 1. The maximum atomic E-state index is 5.98. The second-order valence-electron chi connectivity index (χ2n) is 5.06. The lowest BCUT2D eigenvalue weighted by molar-refractivity contribution is 0.463. The maximum Gasteiger partial charge on any atom is 0.202 e. The van der Waals surface area contributed by atoms with Crippen molar-refractivity contribution in [1.29, 1.82) is 0 Å². The number of fused-ring (bicyclic) bond motifs is 1. The fourth-order valence-corrected chi connectivity index (χ4v) is 3.15. The molecule has 0 spiro atoms. The quantitative estimate of drug-likeness (QED) is 0.946. The Bertz CT molecular complexity index is 557. The summed E-state index contributed by atoms with van der Waals surface area (Å²) in [5, 5.41) is 0. The van der Waals surface area contributed by atoms with Crippen LogP contribution in [-0.2, 0) is 6.54 Å². The second kappa shape index (κ2) is 4.88. The summed E-state index contributed by atoms with van der Waals surface area (Å²) in [6.07, 6.45) is 8.49. The molecule has 2 heterocycles. The zero-order chi connectivity index (χ0) is 12.5. The van der Waals surface area contributed by atoms with Crippen LogP contribution in [0.5, 0.6) is 0 Å². The van der Waals surface area contributed by atoms with Crippen molar-refractivity contribution in [2.45, 2.75) is 38.6 Å². The predicted octanol–water partition coefficient (Wildman–Crippen LogP) is 3.36. The van der Waals surface area contributed by atoms with Crippen LogP contribution in [0.2, 0.25) is 0 Å². The summed E-state index contributed by atoms with van der Waals surface area (Å²) in [4.78, 5) is 8.79. The van der Waals surface area contributed by atoms with E-state index in [-0.39, 0.29) is 0 Å². The summed E-state index contributed by atoms with van der Waals surface area (Å²) >= 11 is 3.41. The number of rotatable bonds is 3. The van der Waals surface area contributed by atoms with Crippen molar-refractivity contribution >= 4 is 33.0 Å². The molecular weight excluding hydrogens is 292 g/mol. The predicted molar refractivity (Wildman–Crippen MR) is 76.2 cm³/mol. The van der Waals surface area contributed by atoms with Gasteiger partial charge in [-0.25, -0.2) is 9.97 Å². The third-order valence-corrected chi connectivity index (χ3v) is 4.25. The number of nitrogens with zero attached hydrogens (tertiary/aromatic N) is 3. The van der Waals surface area contributed by atoms with Crippen molar-refractivity contribution in [3.8, 4) is 0 Å². The van der Waals surface area contributed by atoms with Crippen molar-refractivity contribution in [1.82, 2.24) is 14.5 Å². The molecule has 1 aliphatic rings. The van der Waals surface area contributed by atoms with Crippen molar-refractivity contribution in [3.05, 3.63) is 16.7 Å². The first-order chi connectivity index (χ1) is 8.74. The lowest BCUT2D eigenvalue weighted by Crippen LogP contribution is -2.07. The minimum Gasteiger partial charge on any atom is -0.369 e. The number of hydrogen-bond donors (Lipinski definition) is 1. The molecule has 5 heteroatoms. The monoisotopic (exact) mass is 308 g/mol. The smallest absolute Gasteiger partial charge is 0.202 e. The zero-order valence-corrected chi connectivity index (χ0v) is 11.9. The van der Waals surface area contributed by atoms with E-state index in [1.807, 2.05) is 10.6 Å². The summed E-state index contributed by atoms with van der Waals surface area (Å²) in [7, 11) is 0. The molecule has 4 nitrogen and oxygen atoms in total. The highest BCUT2D eigenvalue weighted by molar-refractivity contribution is 9.10. The minimum absolute atomic E-state index is 0.577. The Morgan fingerprint density at radius 3 is 2.94 bits per heavy atom. The second-order valence-corrected chi connectivity index (χ2v) is 5.97. The van der Waals surface area contributed by atoms with Crippen LogP contribution in [0.15, 0.2) is 16.7 Å². The molecule has 18 heavy (non-hydrogen) atoms. The number of hydrogen-bond acceptors (Lipinski definition) is 3. The number of halogens is 1. The van der Waals surface area contributed by atoms with Gasteiger partial charge in [-0.3, -0.25) is 4.57 Å². The first-order valence-electron chi connectivity index (χ1n) is 6.51. The van der Waals surface area contributed by atoms with E-state index in [4.69, 9.17) is 5.73 Å². The maximum absolute atomic E-state index is 5.98. The van der Waals surface area contributed by atoms with Crippen molar-refractivity contribution in [2.75, 3.05) is 5.73 Å². The molecule has 0 saturated heterocycles. The van der Waals surface area contributed by atoms with Crippen LogP contribution in [-0.4, -0.2) is 14.5 Å². The first-order valence-corrected chi connectivity index (χ1v) is 7.30. The highest BCUT2D eigenvalue weighted by atomic mass is 79.9. The van der Waals surface area contributed by atoms with Crippen LogP contribution in [0, 0.1) is 5.92 Å². The van der Waals surface area contributed by atoms with Gasteiger partial charge in [0.1, 0.15) is 5.52 Å². The van der Waals surface area contributed by atoms with Gasteiger partial charge in [0.25, 0.3) is 0 Å². The van der Waals surface area contributed by atoms with Gasteiger partial charge in [0.05, 0.1) is 0 Å². The third kappa shape index (κ3) is 2.23. The summed E-state index contributed by atoms with van der Waals surface area (Å²) < 4.78 is 2.98. The molecule has 1 fully saturated rings. The molecule has 0 atom stereocenters. The van der Waals surface area contributed by atoms with E-state index < -0.39 is 0 Å². The van der Waals surface area contributed by atoms with Gasteiger partial charge < -0.3 is 5.73 Å². The summed E-state index contributed by atoms with van der Waals surface area (Å²) in [5.41, 5.74) is 7.75. The van der Waals surface area contributed by atoms with Crippen LogP contribution in [0.3, 0.4) is 0 Å². The average molecular weight is 309 g/mol. The van der Waals surface area contributed by atoms with Crippen LogP contribution < -0.4 is 5.73 Å². The lowest BCUT2D eigenvalue weighted by atomic mass is 10.0. The fourth-order valence-electron chi connectivity index (χ4n) is 2.84. The highest BCUT2D eigenvalue weighted by Crippen LogP contribution is 2.29. The van der Waals surface area contributed by atoms with Crippen molar-refractivity contribution in [3.63, 3.8) is 0 Å². The van der Waals surface area contributed by atoms with Gasteiger partial charge in [0.15, 0.2) is 5.65 Å². The van der Waals surface area contributed by atoms with Gasteiger partial charge in [-0.1, -0.05) is 25.7 Å². The molecule has 1 aliphatic carbocycles. The van der Waals surface area contributed by atoms with E-state index in [1.165, 1.54) is 32.1 Å². The molecule has 0 unspecified atom stereocenters. The summed E-state index contributed by atoms with van der Waals surface area (Å²) in [6.45, 7) is 0.932. The Kier molecular flexibility index (Phi) is 3.24. The number of pyridine rings is 1. The number of nitrogen functional groups attached to an aromatic ring is 1. The van der Waals surface area contributed by atoms with E-state index >= 15 is 0 Å². The van der Waals surface area contributed by atoms with Crippen molar-refractivity contribution < 1.29 is 0 Å². The molecule has 0 bridgehead atoms. The van der Waals surface area contributed by atoms with Gasteiger partial charge in [-0.15, -0.1) is 0 Å².